The van der Waals surface area contributed by atoms with E-state index in [1.807, 2.05) is 4.90 Å². The summed E-state index contributed by atoms with van der Waals surface area (Å²) in [7, 11) is -1.70. The summed E-state index contributed by atoms with van der Waals surface area (Å²) >= 11 is 0. The smallest absolute Gasteiger partial charge is 0.282 e. The van der Waals surface area contributed by atoms with Crippen molar-refractivity contribution in [3.63, 3.8) is 0 Å². The molecule has 0 aromatic carbocycles. The van der Waals surface area contributed by atoms with Gasteiger partial charge in [-0.25, -0.2) is 0 Å². The van der Waals surface area contributed by atoms with Gasteiger partial charge in [-0.15, -0.1) is 0 Å². The molecule has 3 rings (SSSR count). The number of hydrogen-bond donors (Lipinski definition) is 1. The second-order valence-electron chi connectivity index (χ2n) is 8.12. The van der Waals surface area contributed by atoms with Gasteiger partial charge in [-0.05, 0) is 39.2 Å². The van der Waals surface area contributed by atoms with Crippen molar-refractivity contribution in [3.05, 3.63) is 0 Å². The number of rotatable bonds is 4. The van der Waals surface area contributed by atoms with Gasteiger partial charge in [-0.1, -0.05) is 19.3 Å². The first-order valence-electron chi connectivity index (χ1n) is 10.1. The summed E-state index contributed by atoms with van der Waals surface area (Å²) in [6, 6.07) is 0.508. The zero-order valence-corrected chi connectivity index (χ0v) is 17.0. The molecule has 3 aliphatic rings. The third kappa shape index (κ3) is 4.40. The van der Waals surface area contributed by atoms with Gasteiger partial charge < -0.3 is 10.2 Å². The highest BCUT2D eigenvalue weighted by atomic mass is 32.2. The average Bonchev–Trinajstić information content (AvgIpc) is 2.67. The predicted octanol–water partition coefficient (Wildman–Crippen LogP) is 1.03. The quantitative estimate of drug-likeness (QED) is 0.783. The van der Waals surface area contributed by atoms with Crippen LogP contribution in [0.5, 0.6) is 0 Å². The van der Waals surface area contributed by atoms with Crippen LogP contribution >= 0.6 is 0 Å². The number of amides is 1. The third-order valence-corrected chi connectivity index (χ3v) is 8.35. The number of piperidine rings is 1. The first-order valence-corrected chi connectivity index (χ1v) is 11.5. The van der Waals surface area contributed by atoms with Crippen LogP contribution in [0.1, 0.15) is 51.9 Å². The zero-order chi connectivity index (χ0) is 18.7. The van der Waals surface area contributed by atoms with Crippen LogP contribution in [0.3, 0.4) is 0 Å². The lowest BCUT2D eigenvalue weighted by Gasteiger charge is -2.40. The van der Waals surface area contributed by atoms with Gasteiger partial charge in [0.25, 0.3) is 10.2 Å². The van der Waals surface area contributed by atoms with Crippen LogP contribution in [-0.4, -0.2) is 79.7 Å². The van der Waals surface area contributed by atoms with E-state index < -0.39 is 10.2 Å². The van der Waals surface area contributed by atoms with Gasteiger partial charge in [-0.3, -0.25) is 4.79 Å². The van der Waals surface area contributed by atoms with Gasteiger partial charge >= 0.3 is 0 Å². The number of piperazine rings is 1. The van der Waals surface area contributed by atoms with Crippen molar-refractivity contribution >= 4 is 16.1 Å². The SMILES string of the molecule is C[C@H]1C[C@@H](C(=O)N2CCN(S(=O)(=O)N(C)C3CCCCC3)CC2)CCN1. The average molecular weight is 387 g/mol. The first kappa shape index (κ1) is 20.0. The fourth-order valence-electron chi connectivity index (χ4n) is 4.57. The maximum Gasteiger partial charge on any atom is 0.282 e. The van der Waals surface area contributed by atoms with E-state index in [-0.39, 0.29) is 17.9 Å². The highest BCUT2D eigenvalue weighted by molar-refractivity contribution is 7.86. The summed E-state index contributed by atoms with van der Waals surface area (Å²) in [4.78, 5) is 14.6. The third-order valence-electron chi connectivity index (χ3n) is 6.30. The highest BCUT2D eigenvalue weighted by Gasteiger charge is 2.36. The van der Waals surface area contributed by atoms with Crippen molar-refractivity contribution in [3.8, 4) is 0 Å². The molecule has 3 fully saturated rings. The summed E-state index contributed by atoms with van der Waals surface area (Å²) in [5.74, 6) is 0.287. The lowest BCUT2D eigenvalue weighted by atomic mass is 9.92. The molecule has 2 saturated heterocycles. The molecule has 0 aromatic rings. The van der Waals surface area contributed by atoms with E-state index in [1.165, 1.54) is 6.42 Å². The Morgan fingerprint density at radius 2 is 1.69 bits per heavy atom. The van der Waals surface area contributed by atoms with Crippen LogP contribution in [0.15, 0.2) is 0 Å². The Morgan fingerprint density at radius 1 is 1.04 bits per heavy atom. The topological polar surface area (TPSA) is 73.0 Å². The Morgan fingerprint density at radius 3 is 2.31 bits per heavy atom. The highest BCUT2D eigenvalue weighted by Crippen LogP contribution is 2.26. The van der Waals surface area contributed by atoms with Crippen LogP contribution in [0.25, 0.3) is 0 Å². The predicted molar refractivity (Wildman–Crippen MR) is 102 cm³/mol. The van der Waals surface area contributed by atoms with Gasteiger partial charge in [0.15, 0.2) is 0 Å². The molecule has 2 atom stereocenters. The minimum atomic E-state index is -3.43. The maximum absolute atomic E-state index is 12.9. The van der Waals surface area contributed by atoms with E-state index in [0.29, 0.717) is 32.2 Å². The minimum Gasteiger partial charge on any atom is -0.340 e. The summed E-state index contributed by atoms with van der Waals surface area (Å²) in [5, 5.41) is 3.38. The summed E-state index contributed by atoms with van der Waals surface area (Å²) in [6.07, 6.45) is 7.11. The van der Waals surface area contributed by atoms with Crippen LogP contribution in [0, 0.1) is 5.92 Å². The van der Waals surface area contributed by atoms with Crippen molar-refractivity contribution in [2.75, 3.05) is 39.8 Å². The van der Waals surface area contributed by atoms with E-state index in [9.17, 15) is 13.2 Å². The summed E-state index contributed by atoms with van der Waals surface area (Å²) < 4.78 is 29.0. The first-order chi connectivity index (χ1) is 12.4. The van der Waals surface area contributed by atoms with Crippen molar-refractivity contribution < 1.29 is 13.2 Å². The van der Waals surface area contributed by atoms with Crippen molar-refractivity contribution in [1.29, 1.82) is 0 Å². The lowest BCUT2D eigenvalue weighted by Crippen LogP contribution is -2.56. The Bertz CT molecular complexity index is 583. The molecule has 0 unspecified atom stereocenters. The molecule has 1 N–H and O–H groups in total. The number of nitrogens with one attached hydrogen (secondary N) is 1. The molecule has 7 nitrogen and oxygen atoms in total. The molecule has 0 spiro atoms. The monoisotopic (exact) mass is 386 g/mol. The van der Waals surface area contributed by atoms with Crippen LogP contribution in [-0.2, 0) is 15.0 Å². The van der Waals surface area contributed by atoms with Crippen molar-refractivity contribution in [1.82, 2.24) is 18.8 Å². The fraction of sp³-hybridized carbons (Fsp3) is 0.944. The molecule has 2 heterocycles. The molecular formula is C18H34N4O3S. The number of hydrogen-bond acceptors (Lipinski definition) is 4. The molecular weight excluding hydrogens is 352 g/mol. The molecule has 8 heteroatoms. The Labute approximate surface area is 158 Å². The van der Waals surface area contributed by atoms with E-state index in [4.69, 9.17) is 0 Å². The molecule has 26 heavy (non-hydrogen) atoms. The largest absolute Gasteiger partial charge is 0.340 e. The standard InChI is InChI=1S/C18H34N4O3S/c1-15-14-16(8-9-19-15)18(23)21-10-12-22(13-11-21)26(24,25)20(2)17-6-4-3-5-7-17/h15-17,19H,3-14H2,1-2H3/t15-,16-/m0/s1. The van der Waals surface area contributed by atoms with Crippen molar-refractivity contribution in [2.24, 2.45) is 5.92 Å². The second kappa shape index (κ2) is 8.54. The zero-order valence-electron chi connectivity index (χ0n) is 16.2. The van der Waals surface area contributed by atoms with E-state index >= 15 is 0 Å². The maximum atomic E-state index is 12.9. The van der Waals surface area contributed by atoms with Crippen molar-refractivity contribution in [2.45, 2.75) is 64.0 Å². The van der Waals surface area contributed by atoms with Gasteiger partial charge in [-0.2, -0.15) is 17.0 Å². The van der Waals surface area contributed by atoms with E-state index in [1.54, 1.807) is 15.7 Å². The van der Waals surface area contributed by atoms with Crippen LogP contribution in [0.2, 0.25) is 0 Å². The minimum absolute atomic E-state index is 0.0827. The second-order valence-corrected chi connectivity index (χ2v) is 10.1. The molecule has 0 aromatic heterocycles. The number of nitrogens with zero attached hydrogens (tertiary/aromatic N) is 3. The molecule has 1 saturated carbocycles. The van der Waals surface area contributed by atoms with E-state index in [0.717, 1.165) is 45.1 Å². The Kier molecular flexibility index (Phi) is 6.59. The Hall–Kier alpha value is -0.700. The fourth-order valence-corrected chi connectivity index (χ4v) is 6.15. The molecule has 0 bridgehead atoms. The molecule has 0 radical (unpaired) electrons. The van der Waals surface area contributed by atoms with Gasteiger partial charge in [0, 0.05) is 51.2 Å². The normalized spacial score (nSPS) is 29.9. The van der Waals surface area contributed by atoms with Gasteiger partial charge in [0.05, 0.1) is 0 Å². The molecule has 1 aliphatic carbocycles. The van der Waals surface area contributed by atoms with Gasteiger partial charge in [0.2, 0.25) is 5.91 Å². The summed E-state index contributed by atoms with van der Waals surface area (Å²) in [5.41, 5.74) is 0. The number of carbonyl (C=O) groups is 1. The van der Waals surface area contributed by atoms with Crippen LogP contribution < -0.4 is 5.32 Å². The summed E-state index contributed by atoms with van der Waals surface area (Å²) in [6.45, 7) is 4.84. The molecule has 150 valence electrons. The lowest BCUT2D eigenvalue weighted by molar-refractivity contribution is -0.137. The van der Waals surface area contributed by atoms with Gasteiger partial charge in [0.1, 0.15) is 0 Å². The molecule has 2 aliphatic heterocycles. The van der Waals surface area contributed by atoms with E-state index in [2.05, 4.69) is 12.2 Å². The number of carbonyl (C=O) groups excluding carboxylic acids is 1. The Balaban J connectivity index is 1.54. The molecule has 1 amide bonds. The van der Waals surface area contributed by atoms with Crippen LogP contribution in [0.4, 0.5) is 0 Å².